The van der Waals surface area contributed by atoms with E-state index in [2.05, 4.69) is 20.4 Å². The molecule has 7 nitrogen and oxygen atoms in total. The molecule has 11 heteroatoms. The molecule has 0 radical (unpaired) electrons. The van der Waals surface area contributed by atoms with Crippen LogP contribution in [-0.2, 0) is 17.5 Å². The zero-order valence-electron chi connectivity index (χ0n) is 17.5. The van der Waals surface area contributed by atoms with Crippen molar-refractivity contribution in [1.29, 1.82) is 0 Å². The van der Waals surface area contributed by atoms with E-state index in [9.17, 15) is 18.0 Å². The Kier molecular flexibility index (Phi) is 6.96. The van der Waals surface area contributed by atoms with E-state index < -0.39 is 16.8 Å². The number of benzene rings is 2. The standard InChI is InChI=1S/C22H21ClF3N5O2/c23-18-7-6-16(12-17(18)22(24,25)26)27-20(32)14-31-10-8-30(9-11-31)13-19-28-21(33-29-19)15-4-2-1-3-5-15/h1-7,12H,8-11,13-14H2,(H,27,32). The number of piperazine rings is 1. The lowest BCUT2D eigenvalue weighted by Crippen LogP contribution is -2.48. The van der Waals surface area contributed by atoms with Crippen molar-refractivity contribution < 1.29 is 22.5 Å². The minimum Gasteiger partial charge on any atom is -0.334 e. The molecule has 33 heavy (non-hydrogen) atoms. The molecular weight excluding hydrogens is 459 g/mol. The second-order valence-electron chi connectivity index (χ2n) is 7.67. The van der Waals surface area contributed by atoms with Gasteiger partial charge < -0.3 is 9.84 Å². The molecule has 1 aliphatic rings. The molecule has 0 bridgehead atoms. The van der Waals surface area contributed by atoms with E-state index in [4.69, 9.17) is 16.1 Å². The van der Waals surface area contributed by atoms with E-state index in [0.29, 0.717) is 44.4 Å². The molecule has 1 saturated heterocycles. The Morgan fingerprint density at radius 1 is 1.06 bits per heavy atom. The fraction of sp³-hybridized carbons (Fsp3) is 0.318. The van der Waals surface area contributed by atoms with Gasteiger partial charge in [0.05, 0.1) is 23.7 Å². The Hall–Kier alpha value is -2.95. The van der Waals surface area contributed by atoms with Crippen molar-refractivity contribution >= 4 is 23.2 Å². The van der Waals surface area contributed by atoms with Crippen LogP contribution in [0.15, 0.2) is 53.1 Å². The van der Waals surface area contributed by atoms with Gasteiger partial charge in [0.15, 0.2) is 5.82 Å². The highest BCUT2D eigenvalue weighted by molar-refractivity contribution is 6.31. The summed E-state index contributed by atoms with van der Waals surface area (Å²) in [6.07, 6.45) is -4.59. The molecule has 0 aliphatic carbocycles. The van der Waals surface area contributed by atoms with Gasteiger partial charge >= 0.3 is 6.18 Å². The quantitative estimate of drug-likeness (QED) is 0.572. The molecular formula is C22H21ClF3N5O2. The van der Waals surface area contributed by atoms with Crippen LogP contribution < -0.4 is 5.32 Å². The van der Waals surface area contributed by atoms with Gasteiger partial charge in [-0.15, -0.1) is 0 Å². The van der Waals surface area contributed by atoms with Gasteiger partial charge in [-0.05, 0) is 30.3 Å². The molecule has 4 rings (SSSR count). The first-order valence-electron chi connectivity index (χ1n) is 10.3. The number of carbonyl (C=O) groups excluding carboxylic acids is 1. The number of hydrogen-bond acceptors (Lipinski definition) is 6. The third kappa shape index (κ3) is 6.10. The Balaban J connectivity index is 1.25. The third-order valence-corrected chi connectivity index (χ3v) is 5.57. The Morgan fingerprint density at radius 3 is 2.45 bits per heavy atom. The summed E-state index contributed by atoms with van der Waals surface area (Å²) in [6, 6.07) is 12.8. The summed E-state index contributed by atoms with van der Waals surface area (Å²) in [4.78, 5) is 20.9. The molecule has 0 saturated carbocycles. The van der Waals surface area contributed by atoms with Crippen molar-refractivity contribution in [2.45, 2.75) is 12.7 Å². The van der Waals surface area contributed by atoms with Crippen molar-refractivity contribution in [2.75, 3.05) is 38.0 Å². The zero-order valence-corrected chi connectivity index (χ0v) is 18.2. The minimum absolute atomic E-state index is 0.0571. The largest absolute Gasteiger partial charge is 0.417 e. The molecule has 1 amide bonds. The van der Waals surface area contributed by atoms with Crippen LogP contribution in [0.3, 0.4) is 0 Å². The number of rotatable bonds is 6. The highest BCUT2D eigenvalue weighted by Gasteiger charge is 2.33. The number of aromatic nitrogens is 2. The van der Waals surface area contributed by atoms with E-state index in [0.717, 1.165) is 17.7 Å². The Labute approximate surface area is 193 Å². The molecule has 0 unspecified atom stereocenters. The summed E-state index contributed by atoms with van der Waals surface area (Å²) >= 11 is 5.62. The summed E-state index contributed by atoms with van der Waals surface area (Å²) in [5.41, 5.74) is -0.0655. The van der Waals surface area contributed by atoms with Gasteiger partial charge in [0.2, 0.25) is 5.91 Å². The maximum Gasteiger partial charge on any atom is 0.417 e. The molecule has 1 aromatic heterocycles. The van der Waals surface area contributed by atoms with Crippen molar-refractivity contribution in [3.05, 3.63) is 64.9 Å². The third-order valence-electron chi connectivity index (χ3n) is 5.24. The van der Waals surface area contributed by atoms with Crippen molar-refractivity contribution in [3.63, 3.8) is 0 Å². The van der Waals surface area contributed by atoms with Crippen molar-refractivity contribution in [2.24, 2.45) is 0 Å². The molecule has 0 atom stereocenters. The van der Waals surface area contributed by atoms with Crippen LogP contribution in [0.25, 0.3) is 11.5 Å². The van der Waals surface area contributed by atoms with Gasteiger partial charge in [0, 0.05) is 37.4 Å². The maximum atomic E-state index is 13.0. The first kappa shape index (κ1) is 23.2. The smallest absolute Gasteiger partial charge is 0.334 e. The molecule has 0 spiro atoms. The minimum atomic E-state index is -4.59. The van der Waals surface area contributed by atoms with Gasteiger partial charge in [0.1, 0.15) is 0 Å². The fourth-order valence-corrected chi connectivity index (χ4v) is 3.77. The zero-order chi connectivity index (χ0) is 23.4. The number of hydrogen-bond donors (Lipinski definition) is 1. The first-order valence-corrected chi connectivity index (χ1v) is 10.6. The van der Waals surface area contributed by atoms with Crippen LogP contribution in [0.4, 0.5) is 18.9 Å². The van der Waals surface area contributed by atoms with Crippen LogP contribution in [0.2, 0.25) is 5.02 Å². The van der Waals surface area contributed by atoms with E-state index in [1.54, 1.807) is 0 Å². The van der Waals surface area contributed by atoms with Crippen LogP contribution in [0.5, 0.6) is 0 Å². The SMILES string of the molecule is O=C(CN1CCN(Cc2noc(-c3ccccc3)n2)CC1)Nc1ccc(Cl)c(C(F)(F)F)c1. The van der Waals surface area contributed by atoms with Crippen LogP contribution >= 0.6 is 11.6 Å². The summed E-state index contributed by atoms with van der Waals surface area (Å²) in [5, 5.41) is 6.14. The summed E-state index contributed by atoms with van der Waals surface area (Å²) < 4.78 is 44.3. The number of nitrogens with zero attached hydrogens (tertiary/aromatic N) is 4. The fourth-order valence-electron chi connectivity index (χ4n) is 3.55. The number of amides is 1. The average Bonchev–Trinajstić information content (AvgIpc) is 3.25. The monoisotopic (exact) mass is 479 g/mol. The summed E-state index contributed by atoms with van der Waals surface area (Å²) in [5.74, 6) is 0.671. The topological polar surface area (TPSA) is 74.5 Å². The number of nitrogens with one attached hydrogen (secondary N) is 1. The lowest BCUT2D eigenvalue weighted by molar-refractivity contribution is -0.137. The van der Waals surface area contributed by atoms with E-state index in [1.807, 2.05) is 35.2 Å². The van der Waals surface area contributed by atoms with Gasteiger partial charge in [-0.1, -0.05) is 35.0 Å². The van der Waals surface area contributed by atoms with E-state index in [1.165, 1.54) is 6.07 Å². The Morgan fingerprint density at radius 2 is 1.76 bits per heavy atom. The summed E-state index contributed by atoms with van der Waals surface area (Å²) in [6.45, 7) is 3.26. The average molecular weight is 480 g/mol. The molecule has 174 valence electrons. The lowest BCUT2D eigenvalue weighted by atomic mass is 10.2. The molecule has 1 N–H and O–H groups in total. The molecule has 2 heterocycles. The second-order valence-corrected chi connectivity index (χ2v) is 8.08. The van der Waals surface area contributed by atoms with Crippen LogP contribution in [-0.4, -0.2) is 58.6 Å². The molecule has 3 aromatic rings. The highest BCUT2D eigenvalue weighted by Crippen LogP contribution is 2.36. The molecule has 1 fully saturated rings. The predicted molar refractivity (Wildman–Crippen MR) is 117 cm³/mol. The van der Waals surface area contributed by atoms with Crippen molar-refractivity contribution in [3.8, 4) is 11.5 Å². The number of halogens is 4. The summed E-state index contributed by atoms with van der Waals surface area (Å²) in [7, 11) is 0. The van der Waals surface area contributed by atoms with Gasteiger partial charge in [-0.25, -0.2) is 0 Å². The van der Waals surface area contributed by atoms with Crippen molar-refractivity contribution in [1.82, 2.24) is 19.9 Å². The second kappa shape index (κ2) is 9.90. The van der Waals surface area contributed by atoms with Gasteiger partial charge in [-0.2, -0.15) is 18.2 Å². The van der Waals surface area contributed by atoms with Gasteiger partial charge in [-0.3, -0.25) is 14.6 Å². The maximum absolute atomic E-state index is 13.0. The molecule has 2 aromatic carbocycles. The van der Waals surface area contributed by atoms with Crippen LogP contribution in [0.1, 0.15) is 11.4 Å². The normalized spacial score (nSPS) is 15.5. The van der Waals surface area contributed by atoms with Crippen LogP contribution in [0, 0.1) is 0 Å². The van der Waals surface area contributed by atoms with E-state index in [-0.39, 0.29) is 18.1 Å². The van der Waals surface area contributed by atoms with Gasteiger partial charge in [0.25, 0.3) is 5.89 Å². The highest BCUT2D eigenvalue weighted by atomic mass is 35.5. The number of anilines is 1. The molecule has 1 aliphatic heterocycles. The number of carbonyl (C=O) groups is 1. The number of alkyl halides is 3. The lowest BCUT2D eigenvalue weighted by Gasteiger charge is -2.33. The Bertz CT molecular complexity index is 1100. The van der Waals surface area contributed by atoms with E-state index >= 15 is 0 Å². The predicted octanol–water partition coefficient (Wildman–Crippen LogP) is 4.17. The first-order chi connectivity index (χ1) is 15.8.